The fourth-order valence-electron chi connectivity index (χ4n) is 3.04. The van der Waals surface area contributed by atoms with Crippen LogP contribution in [0, 0.1) is 0 Å². The van der Waals surface area contributed by atoms with Crippen molar-refractivity contribution in [3.05, 3.63) is 29.8 Å². The van der Waals surface area contributed by atoms with Crippen LogP contribution in [0.15, 0.2) is 24.3 Å². The van der Waals surface area contributed by atoms with Crippen molar-refractivity contribution >= 4 is 11.9 Å². The molecule has 1 fully saturated rings. The number of hydrogen-bond donors (Lipinski definition) is 1. The van der Waals surface area contributed by atoms with Gasteiger partial charge in [0.1, 0.15) is 11.8 Å². The lowest BCUT2D eigenvalue weighted by Crippen LogP contribution is -2.49. The normalized spacial score (nSPS) is 19.5. The number of amides is 1. The molecular formula is C17H23NO4. The number of carbonyl (C=O) groups excluding carboxylic acids is 1. The highest BCUT2D eigenvalue weighted by Gasteiger charge is 2.35. The molecule has 1 N–H and O–H groups in total. The van der Waals surface area contributed by atoms with E-state index in [1.807, 2.05) is 31.2 Å². The van der Waals surface area contributed by atoms with Gasteiger partial charge in [0, 0.05) is 6.54 Å². The molecule has 1 unspecified atom stereocenters. The molecular weight excluding hydrogens is 282 g/mol. The van der Waals surface area contributed by atoms with Gasteiger partial charge in [0.25, 0.3) is 0 Å². The molecule has 22 heavy (non-hydrogen) atoms. The molecule has 0 bridgehead atoms. The fraction of sp³-hybridized carbons (Fsp3) is 0.529. The van der Waals surface area contributed by atoms with Crippen LogP contribution in [-0.4, -0.2) is 41.6 Å². The number of rotatable bonds is 5. The Morgan fingerprint density at radius 1 is 1.32 bits per heavy atom. The molecule has 1 saturated heterocycles. The van der Waals surface area contributed by atoms with Crippen LogP contribution in [0.25, 0.3) is 0 Å². The number of aliphatic carboxylic acids is 1. The van der Waals surface area contributed by atoms with Gasteiger partial charge in [0.05, 0.1) is 13.0 Å². The van der Waals surface area contributed by atoms with Crippen molar-refractivity contribution in [2.75, 3.05) is 13.7 Å². The summed E-state index contributed by atoms with van der Waals surface area (Å²) in [4.78, 5) is 25.8. The van der Waals surface area contributed by atoms with E-state index in [1.165, 1.54) is 0 Å². The molecule has 5 nitrogen and oxygen atoms in total. The minimum atomic E-state index is -0.905. The van der Waals surface area contributed by atoms with E-state index < -0.39 is 12.0 Å². The van der Waals surface area contributed by atoms with E-state index >= 15 is 0 Å². The third-order valence-corrected chi connectivity index (χ3v) is 4.30. The monoisotopic (exact) mass is 305 g/mol. The summed E-state index contributed by atoms with van der Waals surface area (Å²) in [6.45, 7) is 2.48. The molecule has 1 aliphatic rings. The summed E-state index contributed by atoms with van der Waals surface area (Å²) in [6, 6.07) is 6.73. The lowest BCUT2D eigenvalue weighted by Gasteiger charge is -2.35. The zero-order valence-electron chi connectivity index (χ0n) is 13.1. The van der Waals surface area contributed by atoms with Crippen molar-refractivity contribution in [2.45, 2.75) is 44.6 Å². The maximum Gasteiger partial charge on any atom is 0.326 e. The number of hydrogen-bond acceptors (Lipinski definition) is 3. The van der Waals surface area contributed by atoms with Crippen molar-refractivity contribution in [2.24, 2.45) is 0 Å². The lowest BCUT2D eigenvalue weighted by atomic mass is 9.92. The maximum atomic E-state index is 12.8. The Hall–Kier alpha value is -2.04. The van der Waals surface area contributed by atoms with E-state index in [0.29, 0.717) is 19.4 Å². The molecule has 1 aromatic rings. The first-order chi connectivity index (χ1) is 10.6. The molecule has 0 spiro atoms. The van der Waals surface area contributed by atoms with Crippen LogP contribution in [0.3, 0.4) is 0 Å². The Labute approximate surface area is 130 Å². The smallest absolute Gasteiger partial charge is 0.326 e. The Balaban J connectivity index is 2.21. The second-order valence-corrected chi connectivity index (χ2v) is 5.62. The minimum absolute atomic E-state index is 0.0835. The van der Waals surface area contributed by atoms with Crippen molar-refractivity contribution in [1.29, 1.82) is 0 Å². The highest BCUT2D eigenvalue weighted by atomic mass is 16.5. The Bertz CT molecular complexity index is 526. The summed E-state index contributed by atoms with van der Waals surface area (Å²) in [7, 11) is 1.60. The zero-order chi connectivity index (χ0) is 16.1. The number of methoxy groups -OCH3 is 1. The van der Waals surface area contributed by atoms with E-state index in [9.17, 15) is 14.7 Å². The third-order valence-electron chi connectivity index (χ3n) is 4.30. The molecule has 120 valence electrons. The highest BCUT2D eigenvalue weighted by Crippen LogP contribution is 2.28. The topological polar surface area (TPSA) is 66.8 Å². The third kappa shape index (κ3) is 3.40. The second kappa shape index (κ2) is 7.29. The molecule has 1 aromatic carbocycles. The first-order valence-corrected chi connectivity index (χ1v) is 7.75. The number of ether oxygens (including phenoxy) is 1. The molecule has 0 aliphatic carbocycles. The summed E-state index contributed by atoms with van der Waals surface area (Å²) in [5, 5.41) is 9.34. The van der Waals surface area contributed by atoms with Gasteiger partial charge in [-0.05, 0) is 43.4 Å². The average molecular weight is 305 g/mol. The van der Waals surface area contributed by atoms with E-state index in [2.05, 4.69) is 0 Å². The average Bonchev–Trinajstić information content (AvgIpc) is 2.56. The largest absolute Gasteiger partial charge is 0.497 e. The van der Waals surface area contributed by atoms with Crippen LogP contribution in [0.4, 0.5) is 0 Å². The number of nitrogens with zero attached hydrogens (tertiary/aromatic N) is 1. The second-order valence-electron chi connectivity index (χ2n) is 5.62. The van der Waals surface area contributed by atoms with E-state index in [-0.39, 0.29) is 11.8 Å². The molecule has 5 heteroatoms. The summed E-state index contributed by atoms with van der Waals surface area (Å²) < 4.78 is 5.13. The van der Waals surface area contributed by atoms with Crippen molar-refractivity contribution in [3.8, 4) is 5.75 Å². The maximum absolute atomic E-state index is 12.8. The zero-order valence-corrected chi connectivity index (χ0v) is 13.1. The predicted molar refractivity (Wildman–Crippen MR) is 83.0 cm³/mol. The molecule has 2 rings (SSSR count). The van der Waals surface area contributed by atoms with Gasteiger partial charge in [0.15, 0.2) is 0 Å². The molecule has 1 aliphatic heterocycles. The van der Waals surface area contributed by atoms with Gasteiger partial charge in [-0.25, -0.2) is 4.79 Å². The summed E-state index contributed by atoms with van der Waals surface area (Å²) in [6.07, 6.45) is 2.92. The molecule has 0 aromatic heterocycles. The van der Waals surface area contributed by atoms with Crippen LogP contribution in [0.5, 0.6) is 5.75 Å². The minimum Gasteiger partial charge on any atom is -0.497 e. The van der Waals surface area contributed by atoms with Gasteiger partial charge in [-0.1, -0.05) is 19.1 Å². The fourth-order valence-corrected chi connectivity index (χ4v) is 3.04. The van der Waals surface area contributed by atoms with Gasteiger partial charge in [-0.15, -0.1) is 0 Å². The molecule has 0 radical (unpaired) electrons. The van der Waals surface area contributed by atoms with Crippen LogP contribution < -0.4 is 4.74 Å². The molecule has 1 heterocycles. The Kier molecular flexibility index (Phi) is 5.41. The van der Waals surface area contributed by atoms with Gasteiger partial charge in [0.2, 0.25) is 5.91 Å². The Morgan fingerprint density at radius 2 is 2.00 bits per heavy atom. The van der Waals surface area contributed by atoms with Crippen LogP contribution in [-0.2, 0) is 9.59 Å². The van der Waals surface area contributed by atoms with E-state index in [0.717, 1.165) is 24.2 Å². The summed E-state index contributed by atoms with van der Waals surface area (Å²) in [5.41, 5.74) is 0.906. The molecule has 0 saturated carbocycles. The number of carbonyl (C=O) groups is 2. The summed E-state index contributed by atoms with van der Waals surface area (Å²) >= 11 is 0. The number of likely N-dealkylation sites (tertiary alicyclic amines) is 1. The number of benzene rings is 1. The lowest BCUT2D eigenvalue weighted by molar-refractivity contribution is -0.152. The molecule has 2 atom stereocenters. The summed E-state index contributed by atoms with van der Waals surface area (Å²) in [5.74, 6) is -0.546. The van der Waals surface area contributed by atoms with Crippen molar-refractivity contribution < 1.29 is 19.4 Å². The van der Waals surface area contributed by atoms with Gasteiger partial charge < -0.3 is 14.7 Å². The quantitative estimate of drug-likeness (QED) is 0.908. The van der Waals surface area contributed by atoms with Gasteiger partial charge in [-0.2, -0.15) is 0 Å². The van der Waals surface area contributed by atoms with Gasteiger partial charge in [-0.3, -0.25) is 4.79 Å². The van der Waals surface area contributed by atoms with Gasteiger partial charge >= 0.3 is 5.97 Å². The first-order valence-electron chi connectivity index (χ1n) is 7.75. The van der Waals surface area contributed by atoms with E-state index in [1.54, 1.807) is 12.0 Å². The number of piperidine rings is 1. The highest BCUT2D eigenvalue weighted by molar-refractivity contribution is 5.88. The predicted octanol–water partition coefficient (Wildman–Crippen LogP) is 2.65. The first kappa shape index (κ1) is 16.3. The SMILES string of the molecule is CCC(C(=O)N1CCCC[C@@H]1C(=O)O)c1ccc(OC)cc1. The number of carboxylic acids is 1. The standard InChI is InChI=1S/C17H23NO4/c1-3-14(12-7-9-13(22-2)10-8-12)16(19)18-11-5-4-6-15(18)17(20)21/h7-10,14-15H,3-6,11H2,1-2H3,(H,20,21)/t14?,15-/m1/s1. The molecule has 1 amide bonds. The van der Waals surface area contributed by atoms with E-state index in [4.69, 9.17) is 4.74 Å². The Morgan fingerprint density at radius 3 is 2.55 bits per heavy atom. The van der Waals surface area contributed by atoms with Crippen LogP contribution in [0.1, 0.15) is 44.1 Å². The van der Waals surface area contributed by atoms with Crippen molar-refractivity contribution in [1.82, 2.24) is 4.90 Å². The van der Waals surface area contributed by atoms with Crippen molar-refractivity contribution in [3.63, 3.8) is 0 Å². The van der Waals surface area contributed by atoms with Crippen LogP contribution in [0.2, 0.25) is 0 Å². The number of carboxylic acid groups (broad SMARTS) is 1. The van der Waals surface area contributed by atoms with Crippen LogP contribution >= 0.6 is 0 Å².